The molecule has 1 aliphatic rings. The second-order valence-corrected chi connectivity index (χ2v) is 4.28. The Morgan fingerprint density at radius 1 is 1.40 bits per heavy atom. The molecule has 1 atom stereocenters. The van der Waals surface area contributed by atoms with Crippen molar-refractivity contribution in [3.8, 4) is 11.5 Å². The Kier molecular flexibility index (Phi) is 4.41. The first-order valence-electron chi connectivity index (χ1n) is 6.13. The van der Waals surface area contributed by atoms with Crippen LogP contribution in [0.2, 0.25) is 0 Å². The summed E-state index contributed by atoms with van der Waals surface area (Å²) in [6, 6.07) is 4.33. The van der Waals surface area contributed by atoms with Crippen LogP contribution in [-0.2, 0) is 14.3 Å². The zero-order valence-corrected chi connectivity index (χ0v) is 11.0. The van der Waals surface area contributed by atoms with Crippen molar-refractivity contribution in [3.05, 3.63) is 18.2 Å². The number of ether oxygens (including phenoxy) is 3. The molecule has 2 rings (SSSR count). The summed E-state index contributed by atoms with van der Waals surface area (Å²) < 4.78 is 14.9. The summed E-state index contributed by atoms with van der Waals surface area (Å²) >= 11 is 0. The third-order valence-corrected chi connectivity index (χ3v) is 2.84. The van der Waals surface area contributed by atoms with E-state index in [9.17, 15) is 9.59 Å². The normalized spacial score (nSPS) is 13.7. The standard InChI is InChI=1S/C13H16N2O5/c1-18-13(17)9(14)3-5-12(16)15-8-2-4-10-11(6-8)20-7-19-10/h2,4,6,9H,3,5,7,14H2,1H3,(H,15,16)/t9-/m0/s1. The summed E-state index contributed by atoms with van der Waals surface area (Å²) in [5, 5.41) is 2.70. The molecule has 0 fully saturated rings. The van der Waals surface area contributed by atoms with Crippen LogP contribution in [0, 0.1) is 0 Å². The second kappa shape index (κ2) is 6.25. The van der Waals surface area contributed by atoms with E-state index in [1.807, 2.05) is 0 Å². The van der Waals surface area contributed by atoms with Crippen LogP contribution >= 0.6 is 0 Å². The van der Waals surface area contributed by atoms with Crippen LogP contribution in [0.4, 0.5) is 5.69 Å². The lowest BCUT2D eigenvalue weighted by Crippen LogP contribution is -2.32. The zero-order chi connectivity index (χ0) is 14.5. The number of esters is 1. The van der Waals surface area contributed by atoms with Crippen molar-refractivity contribution in [2.75, 3.05) is 19.2 Å². The fourth-order valence-electron chi connectivity index (χ4n) is 1.75. The van der Waals surface area contributed by atoms with Crippen LogP contribution < -0.4 is 20.5 Å². The van der Waals surface area contributed by atoms with E-state index in [1.165, 1.54) is 7.11 Å². The summed E-state index contributed by atoms with van der Waals surface area (Å²) in [6.07, 6.45) is 0.355. The lowest BCUT2D eigenvalue weighted by atomic mass is 10.1. The molecule has 1 aliphatic heterocycles. The number of carbonyl (C=O) groups is 2. The van der Waals surface area contributed by atoms with E-state index >= 15 is 0 Å². The molecule has 1 aromatic rings. The van der Waals surface area contributed by atoms with Crippen LogP contribution in [0.3, 0.4) is 0 Å². The van der Waals surface area contributed by atoms with Gasteiger partial charge in [0.1, 0.15) is 6.04 Å². The Bertz CT molecular complexity index is 517. The Morgan fingerprint density at radius 3 is 2.90 bits per heavy atom. The number of anilines is 1. The molecule has 0 aliphatic carbocycles. The number of rotatable bonds is 5. The van der Waals surface area contributed by atoms with Crippen LogP contribution in [0.1, 0.15) is 12.8 Å². The molecule has 0 radical (unpaired) electrons. The molecule has 7 nitrogen and oxygen atoms in total. The number of fused-ring (bicyclic) bond motifs is 1. The molecular formula is C13H16N2O5. The molecule has 0 unspecified atom stereocenters. The van der Waals surface area contributed by atoms with Gasteiger partial charge in [-0.3, -0.25) is 9.59 Å². The molecule has 7 heteroatoms. The average Bonchev–Trinajstić information content (AvgIpc) is 2.91. The van der Waals surface area contributed by atoms with E-state index in [4.69, 9.17) is 15.2 Å². The van der Waals surface area contributed by atoms with Gasteiger partial charge in [0.15, 0.2) is 11.5 Å². The average molecular weight is 280 g/mol. The predicted octanol–water partition coefficient (Wildman–Crippen LogP) is 0.634. The molecule has 1 aromatic carbocycles. The first-order valence-corrected chi connectivity index (χ1v) is 6.13. The van der Waals surface area contributed by atoms with Crippen molar-refractivity contribution in [2.24, 2.45) is 5.73 Å². The molecule has 0 saturated carbocycles. The van der Waals surface area contributed by atoms with Crippen molar-refractivity contribution < 1.29 is 23.8 Å². The number of methoxy groups -OCH3 is 1. The number of hydrogen-bond acceptors (Lipinski definition) is 6. The molecule has 3 N–H and O–H groups in total. The Morgan fingerprint density at radius 2 is 2.15 bits per heavy atom. The largest absolute Gasteiger partial charge is 0.468 e. The highest BCUT2D eigenvalue weighted by atomic mass is 16.7. The molecule has 0 bridgehead atoms. The minimum Gasteiger partial charge on any atom is -0.468 e. The van der Waals surface area contributed by atoms with E-state index in [-0.39, 0.29) is 25.5 Å². The molecule has 1 amide bonds. The minimum atomic E-state index is -0.789. The van der Waals surface area contributed by atoms with Crippen LogP contribution in [-0.4, -0.2) is 31.8 Å². The molecule has 0 spiro atoms. The number of hydrogen-bond donors (Lipinski definition) is 2. The van der Waals surface area contributed by atoms with E-state index in [0.717, 1.165) is 0 Å². The maximum Gasteiger partial charge on any atom is 0.322 e. The van der Waals surface area contributed by atoms with Gasteiger partial charge in [-0.2, -0.15) is 0 Å². The van der Waals surface area contributed by atoms with Crippen LogP contribution in [0.5, 0.6) is 11.5 Å². The first-order chi connectivity index (χ1) is 9.60. The summed E-state index contributed by atoms with van der Waals surface area (Å²) in [4.78, 5) is 22.8. The first kappa shape index (κ1) is 14.1. The van der Waals surface area contributed by atoms with Crippen molar-refractivity contribution in [1.82, 2.24) is 0 Å². The van der Waals surface area contributed by atoms with Crippen molar-refractivity contribution >= 4 is 17.6 Å². The summed E-state index contributed by atoms with van der Waals surface area (Å²) in [5.74, 6) is 0.480. The molecule has 0 saturated heterocycles. The topological polar surface area (TPSA) is 99.9 Å². The third-order valence-electron chi connectivity index (χ3n) is 2.84. The van der Waals surface area contributed by atoms with Gasteiger partial charge in [0.25, 0.3) is 0 Å². The van der Waals surface area contributed by atoms with Crippen molar-refractivity contribution in [1.29, 1.82) is 0 Å². The van der Waals surface area contributed by atoms with Gasteiger partial charge >= 0.3 is 5.97 Å². The van der Waals surface area contributed by atoms with Crippen molar-refractivity contribution in [2.45, 2.75) is 18.9 Å². The van der Waals surface area contributed by atoms with Gasteiger partial charge < -0.3 is 25.3 Å². The Balaban J connectivity index is 1.84. The number of benzene rings is 1. The second-order valence-electron chi connectivity index (χ2n) is 4.28. The maximum atomic E-state index is 11.7. The van der Waals surface area contributed by atoms with E-state index in [0.29, 0.717) is 17.2 Å². The maximum absolute atomic E-state index is 11.7. The van der Waals surface area contributed by atoms with E-state index in [1.54, 1.807) is 18.2 Å². The number of nitrogens with one attached hydrogen (secondary N) is 1. The monoisotopic (exact) mass is 280 g/mol. The van der Waals surface area contributed by atoms with Gasteiger partial charge in [-0.1, -0.05) is 0 Å². The molecule has 20 heavy (non-hydrogen) atoms. The summed E-state index contributed by atoms with van der Waals surface area (Å²) in [6.45, 7) is 0.181. The quantitative estimate of drug-likeness (QED) is 0.767. The van der Waals surface area contributed by atoms with Gasteiger partial charge in [0.2, 0.25) is 12.7 Å². The molecule has 0 aromatic heterocycles. The minimum absolute atomic E-state index is 0.130. The highest BCUT2D eigenvalue weighted by Gasteiger charge is 2.17. The highest BCUT2D eigenvalue weighted by molar-refractivity contribution is 5.91. The highest BCUT2D eigenvalue weighted by Crippen LogP contribution is 2.34. The number of nitrogens with two attached hydrogens (primary N) is 1. The SMILES string of the molecule is COC(=O)[C@@H](N)CCC(=O)Nc1ccc2c(c1)OCO2. The van der Waals surface area contributed by atoms with Crippen LogP contribution in [0.15, 0.2) is 18.2 Å². The van der Waals surface area contributed by atoms with Gasteiger partial charge in [-0.25, -0.2) is 0 Å². The lowest BCUT2D eigenvalue weighted by molar-refractivity contribution is -0.142. The van der Waals surface area contributed by atoms with Gasteiger partial charge in [0.05, 0.1) is 7.11 Å². The van der Waals surface area contributed by atoms with Gasteiger partial charge in [-0.15, -0.1) is 0 Å². The number of amides is 1. The predicted molar refractivity (Wildman–Crippen MR) is 70.4 cm³/mol. The van der Waals surface area contributed by atoms with Crippen molar-refractivity contribution in [3.63, 3.8) is 0 Å². The van der Waals surface area contributed by atoms with E-state index < -0.39 is 12.0 Å². The molecular weight excluding hydrogens is 264 g/mol. The smallest absolute Gasteiger partial charge is 0.322 e. The fraction of sp³-hybridized carbons (Fsp3) is 0.385. The summed E-state index contributed by atoms with van der Waals surface area (Å²) in [5.41, 5.74) is 6.15. The molecule has 1 heterocycles. The van der Waals surface area contributed by atoms with Crippen LogP contribution in [0.25, 0.3) is 0 Å². The summed E-state index contributed by atoms with van der Waals surface area (Å²) in [7, 11) is 1.26. The van der Waals surface area contributed by atoms with Gasteiger partial charge in [0, 0.05) is 18.2 Å². The fourth-order valence-corrected chi connectivity index (χ4v) is 1.75. The Labute approximate surface area is 116 Å². The molecule has 108 valence electrons. The number of carbonyl (C=O) groups excluding carboxylic acids is 2. The Hall–Kier alpha value is -2.28. The third kappa shape index (κ3) is 3.39. The lowest BCUT2D eigenvalue weighted by Gasteiger charge is -2.09. The van der Waals surface area contributed by atoms with Gasteiger partial charge in [-0.05, 0) is 18.6 Å². The zero-order valence-electron chi connectivity index (χ0n) is 11.0. The van der Waals surface area contributed by atoms with E-state index in [2.05, 4.69) is 10.1 Å².